The van der Waals surface area contributed by atoms with Gasteiger partial charge < -0.3 is 9.47 Å². The van der Waals surface area contributed by atoms with Crippen LogP contribution in [0.4, 0.5) is 4.39 Å². The lowest BCUT2D eigenvalue weighted by Gasteiger charge is -2.34. The Morgan fingerprint density at radius 2 is 1.96 bits per heavy atom. The van der Waals surface area contributed by atoms with Gasteiger partial charge in [-0.15, -0.1) is 0 Å². The summed E-state index contributed by atoms with van der Waals surface area (Å²) in [5.74, 6) is -0.256. The first kappa shape index (κ1) is 16.2. The lowest BCUT2D eigenvalue weighted by atomic mass is 10.2. The van der Waals surface area contributed by atoms with Gasteiger partial charge in [-0.2, -0.15) is 5.26 Å². The van der Waals surface area contributed by atoms with Crippen molar-refractivity contribution in [3.63, 3.8) is 0 Å². The first-order chi connectivity index (χ1) is 11.6. The minimum absolute atomic E-state index is 0.0652. The number of benzene rings is 1. The molecule has 1 saturated heterocycles. The van der Waals surface area contributed by atoms with E-state index in [9.17, 15) is 9.18 Å². The Hall–Kier alpha value is -2.65. The van der Waals surface area contributed by atoms with Crippen LogP contribution in [0.1, 0.15) is 21.6 Å². The standard InChI is InChI=1S/C18H19FN4O/c1-21-12-14(11-20)10-17(21)18(24)23-8-6-22(7-9-23)13-15-4-2-3-5-16(15)19/h2-5,10,12H,6-9,13H2,1H3. The zero-order chi connectivity index (χ0) is 17.1. The Morgan fingerprint density at radius 1 is 1.25 bits per heavy atom. The van der Waals surface area contributed by atoms with Gasteiger partial charge in [0.2, 0.25) is 0 Å². The van der Waals surface area contributed by atoms with E-state index in [1.807, 2.05) is 6.07 Å². The molecule has 124 valence electrons. The van der Waals surface area contributed by atoms with Crippen molar-refractivity contribution in [2.45, 2.75) is 6.54 Å². The fourth-order valence-corrected chi connectivity index (χ4v) is 2.98. The van der Waals surface area contributed by atoms with Crippen LogP contribution < -0.4 is 0 Å². The fraction of sp³-hybridized carbons (Fsp3) is 0.333. The molecule has 0 aliphatic carbocycles. The molecule has 24 heavy (non-hydrogen) atoms. The van der Waals surface area contributed by atoms with E-state index in [2.05, 4.69) is 11.0 Å². The third-order valence-electron chi connectivity index (χ3n) is 4.36. The maximum atomic E-state index is 13.7. The van der Waals surface area contributed by atoms with Crippen molar-refractivity contribution in [2.75, 3.05) is 26.2 Å². The highest BCUT2D eigenvalue weighted by Crippen LogP contribution is 2.15. The number of nitrogens with zero attached hydrogens (tertiary/aromatic N) is 4. The summed E-state index contributed by atoms with van der Waals surface area (Å²) in [4.78, 5) is 16.5. The van der Waals surface area contributed by atoms with Gasteiger partial charge in [0.1, 0.15) is 17.6 Å². The molecule has 0 radical (unpaired) electrons. The van der Waals surface area contributed by atoms with E-state index >= 15 is 0 Å². The van der Waals surface area contributed by atoms with E-state index in [0.717, 1.165) is 0 Å². The summed E-state index contributed by atoms with van der Waals surface area (Å²) in [7, 11) is 1.77. The van der Waals surface area contributed by atoms with E-state index in [1.54, 1.807) is 40.9 Å². The van der Waals surface area contributed by atoms with Crippen LogP contribution >= 0.6 is 0 Å². The van der Waals surface area contributed by atoms with Gasteiger partial charge in [-0.25, -0.2) is 4.39 Å². The average molecular weight is 326 g/mol. The second-order valence-electron chi connectivity index (χ2n) is 6.00. The molecule has 2 heterocycles. The van der Waals surface area contributed by atoms with Gasteiger partial charge >= 0.3 is 0 Å². The molecule has 1 aliphatic rings. The molecule has 1 fully saturated rings. The maximum absolute atomic E-state index is 13.7. The highest BCUT2D eigenvalue weighted by Gasteiger charge is 2.24. The predicted molar refractivity (Wildman–Crippen MR) is 87.7 cm³/mol. The number of rotatable bonds is 3. The normalized spacial score (nSPS) is 15.3. The molecule has 1 aliphatic heterocycles. The van der Waals surface area contributed by atoms with Gasteiger partial charge in [-0.05, 0) is 12.1 Å². The average Bonchev–Trinajstić information content (AvgIpc) is 2.98. The van der Waals surface area contributed by atoms with Crippen molar-refractivity contribution < 1.29 is 9.18 Å². The molecule has 0 atom stereocenters. The Kier molecular flexibility index (Phi) is 4.63. The Labute approximate surface area is 140 Å². The van der Waals surface area contributed by atoms with Gasteiger partial charge in [0.05, 0.1) is 5.56 Å². The van der Waals surface area contributed by atoms with Gasteiger partial charge in [0.15, 0.2) is 0 Å². The molecule has 1 amide bonds. The second kappa shape index (κ2) is 6.85. The summed E-state index contributed by atoms with van der Waals surface area (Å²) in [6.45, 7) is 3.16. The van der Waals surface area contributed by atoms with E-state index in [4.69, 9.17) is 5.26 Å². The SMILES string of the molecule is Cn1cc(C#N)cc1C(=O)N1CCN(Cc2ccccc2F)CC1. The molecule has 0 N–H and O–H groups in total. The Balaban J connectivity index is 1.60. The first-order valence-electron chi connectivity index (χ1n) is 7.90. The smallest absolute Gasteiger partial charge is 0.270 e. The summed E-state index contributed by atoms with van der Waals surface area (Å²) in [6.07, 6.45) is 1.65. The second-order valence-corrected chi connectivity index (χ2v) is 6.00. The number of hydrogen-bond donors (Lipinski definition) is 0. The number of piperazine rings is 1. The van der Waals surface area contributed by atoms with Crippen molar-refractivity contribution >= 4 is 5.91 Å². The summed E-state index contributed by atoms with van der Waals surface area (Å²) < 4.78 is 15.4. The first-order valence-corrected chi connectivity index (χ1v) is 7.90. The van der Waals surface area contributed by atoms with Crippen molar-refractivity contribution in [2.24, 2.45) is 7.05 Å². The highest BCUT2D eigenvalue weighted by atomic mass is 19.1. The highest BCUT2D eigenvalue weighted by molar-refractivity contribution is 5.93. The summed E-state index contributed by atoms with van der Waals surface area (Å²) >= 11 is 0. The van der Waals surface area contributed by atoms with Crippen LogP contribution in [0.3, 0.4) is 0 Å². The van der Waals surface area contributed by atoms with E-state index < -0.39 is 0 Å². The lowest BCUT2D eigenvalue weighted by molar-refractivity contribution is 0.0618. The molecule has 6 heteroatoms. The minimum Gasteiger partial charge on any atom is -0.345 e. The summed E-state index contributed by atoms with van der Waals surface area (Å²) in [5.41, 5.74) is 1.69. The van der Waals surface area contributed by atoms with Crippen LogP contribution in [-0.4, -0.2) is 46.5 Å². The third kappa shape index (κ3) is 3.31. The molecule has 0 spiro atoms. The predicted octanol–water partition coefficient (Wildman–Crippen LogP) is 1.99. The molecule has 2 aromatic rings. The molecular weight excluding hydrogens is 307 g/mol. The number of aryl methyl sites for hydroxylation is 1. The van der Waals surface area contributed by atoms with Crippen LogP contribution in [0.15, 0.2) is 36.5 Å². The van der Waals surface area contributed by atoms with Crippen molar-refractivity contribution in [1.29, 1.82) is 5.26 Å². The molecule has 3 rings (SSSR count). The lowest BCUT2D eigenvalue weighted by Crippen LogP contribution is -2.48. The van der Waals surface area contributed by atoms with Crippen molar-refractivity contribution in [3.8, 4) is 6.07 Å². The fourth-order valence-electron chi connectivity index (χ4n) is 2.98. The molecule has 0 bridgehead atoms. The topological polar surface area (TPSA) is 52.3 Å². The summed E-state index contributed by atoms with van der Waals surface area (Å²) in [5, 5.41) is 8.94. The zero-order valence-corrected chi connectivity index (χ0v) is 13.6. The molecule has 5 nitrogen and oxygen atoms in total. The Morgan fingerprint density at radius 3 is 2.58 bits per heavy atom. The number of hydrogen-bond acceptors (Lipinski definition) is 3. The van der Waals surface area contributed by atoms with E-state index in [-0.39, 0.29) is 11.7 Å². The van der Waals surface area contributed by atoms with Gasteiger partial charge in [-0.1, -0.05) is 18.2 Å². The van der Waals surface area contributed by atoms with Gasteiger partial charge in [0, 0.05) is 51.5 Å². The quantitative estimate of drug-likeness (QED) is 0.867. The van der Waals surface area contributed by atoms with Crippen LogP contribution in [-0.2, 0) is 13.6 Å². The zero-order valence-electron chi connectivity index (χ0n) is 13.6. The minimum atomic E-state index is -0.191. The molecule has 1 aromatic carbocycles. The molecule has 0 unspecified atom stereocenters. The van der Waals surface area contributed by atoms with Gasteiger partial charge in [0.25, 0.3) is 5.91 Å². The molecular formula is C18H19FN4O. The van der Waals surface area contributed by atoms with Crippen LogP contribution in [0, 0.1) is 17.1 Å². The Bertz CT molecular complexity index is 785. The molecule has 1 aromatic heterocycles. The third-order valence-corrected chi connectivity index (χ3v) is 4.36. The van der Waals surface area contributed by atoms with Crippen LogP contribution in [0.25, 0.3) is 0 Å². The van der Waals surface area contributed by atoms with Crippen LogP contribution in [0.2, 0.25) is 0 Å². The van der Waals surface area contributed by atoms with Gasteiger partial charge in [-0.3, -0.25) is 9.69 Å². The number of halogens is 1. The number of carbonyl (C=O) groups excluding carboxylic acids is 1. The van der Waals surface area contributed by atoms with E-state index in [0.29, 0.717) is 49.5 Å². The maximum Gasteiger partial charge on any atom is 0.270 e. The number of amides is 1. The van der Waals surface area contributed by atoms with Crippen LogP contribution in [0.5, 0.6) is 0 Å². The van der Waals surface area contributed by atoms with Crippen molar-refractivity contribution in [3.05, 3.63) is 59.2 Å². The largest absolute Gasteiger partial charge is 0.345 e. The monoisotopic (exact) mass is 326 g/mol. The summed E-state index contributed by atoms with van der Waals surface area (Å²) in [6, 6.07) is 10.4. The van der Waals surface area contributed by atoms with E-state index in [1.165, 1.54) is 6.07 Å². The van der Waals surface area contributed by atoms with Crippen molar-refractivity contribution in [1.82, 2.24) is 14.4 Å². The molecule has 0 saturated carbocycles. The number of carbonyl (C=O) groups is 1. The number of aromatic nitrogens is 1. The number of nitriles is 1.